The van der Waals surface area contributed by atoms with Crippen molar-refractivity contribution in [1.82, 2.24) is 24.6 Å². The van der Waals surface area contributed by atoms with E-state index in [0.717, 1.165) is 23.0 Å². The highest BCUT2D eigenvalue weighted by atomic mass is 32.2. The Labute approximate surface area is 191 Å². The fourth-order valence-electron chi connectivity index (χ4n) is 2.54. The largest absolute Gasteiger partial charge is 0.470 e. The summed E-state index contributed by atoms with van der Waals surface area (Å²) in [6.45, 7) is -2.21. The molecule has 0 unspecified atom stereocenters. The molecule has 18 heteroatoms. The molecule has 0 aromatic carbocycles. The van der Waals surface area contributed by atoms with Gasteiger partial charge >= 0.3 is 18.3 Å². The Morgan fingerprint density at radius 1 is 1.06 bits per heavy atom. The van der Waals surface area contributed by atoms with Crippen molar-refractivity contribution < 1.29 is 48.3 Å². The first-order valence-corrected chi connectivity index (χ1v) is 11.0. The molecule has 0 spiro atoms. The van der Waals surface area contributed by atoms with Gasteiger partial charge in [-0.3, -0.25) is 0 Å². The van der Waals surface area contributed by atoms with Crippen LogP contribution in [0.1, 0.15) is 6.92 Å². The maximum absolute atomic E-state index is 13.0. The average molecular weight is 534 g/mol. The van der Waals surface area contributed by atoms with E-state index in [2.05, 4.69) is 24.8 Å². The van der Waals surface area contributed by atoms with Gasteiger partial charge in [0.15, 0.2) is 27.1 Å². The zero-order valence-electron chi connectivity index (χ0n) is 17.3. The molecule has 3 aromatic rings. The highest BCUT2D eigenvalue weighted by Crippen LogP contribution is 2.36. The Bertz CT molecular complexity index is 1310. The van der Waals surface area contributed by atoms with E-state index in [9.17, 15) is 43.5 Å². The lowest BCUT2D eigenvalue weighted by Crippen LogP contribution is -2.41. The van der Waals surface area contributed by atoms with Crippen LogP contribution >= 0.6 is 0 Å². The number of rotatable bonds is 8. The number of hydrogen-bond donors (Lipinski definition) is 1. The van der Waals surface area contributed by atoms with Crippen molar-refractivity contribution >= 4 is 21.3 Å². The van der Waals surface area contributed by atoms with Crippen LogP contribution in [0.15, 0.2) is 29.7 Å². The van der Waals surface area contributed by atoms with E-state index < -0.39 is 57.9 Å². The van der Waals surface area contributed by atoms with Crippen LogP contribution < -0.4 is 10.1 Å². The van der Waals surface area contributed by atoms with Crippen LogP contribution in [0.3, 0.4) is 0 Å². The fraction of sp³-hybridized carbons (Fsp3) is 0.412. The summed E-state index contributed by atoms with van der Waals surface area (Å²) in [5.41, 5.74) is -0.777. The molecule has 0 aliphatic carbocycles. The summed E-state index contributed by atoms with van der Waals surface area (Å²) in [6, 6.07) is 1.11. The van der Waals surface area contributed by atoms with Crippen LogP contribution in [0.25, 0.3) is 16.9 Å². The van der Waals surface area contributed by atoms with E-state index in [0.29, 0.717) is 6.20 Å². The Morgan fingerprint density at radius 3 is 2.29 bits per heavy atom. The highest BCUT2D eigenvalue weighted by molar-refractivity contribution is 7.91. The summed E-state index contributed by atoms with van der Waals surface area (Å²) in [5, 5.41) is 5.37. The van der Waals surface area contributed by atoms with E-state index in [1.54, 1.807) is 0 Å². The summed E-state index contributed by atoms with van der Waals surface area (Å²) in [6.07, 6.45) is -7.81. The van der Waals surface area contributed by atoms with Gasteiger partial charge in [-0.05, 0) is 6.07 Å². The van der Waals surface area contributed by atoms with Gasteiger partial charge in [-0.15, -0.1) is 0 Å². The van der Waals surface area contributed by atoms with Crippen molar-refractivity contribution in [3.05, 3.63) is 24.7 Å². The molecule has 0 aliphatic heterocycles. The molecule has 3 aromatic heterocycles. The van der Waals surface area contributed by atoms with E-state index in [4.69, 9.17) is 0 Å². The number of alkyl halides is 8. The molecule has 0 saturated heterocycles. The number of nitrogens with zero attached hydrogens (tertiary/aromatic N) is 5. The lowest BCUT2D eigenvalue weighted by atomic mass is 10.2. The molecule has 0 saturated carbocycles. The lowest BCUT2D eigenvalue weighted by molar-refractivity contribution is -0.290. The molecule has 0 radical (unpaired) electrons. The third-order valence-electron chi connectivity index (χ3n) is 4.30. The molecule has 0 aliphatic rings. The zero-order chi connectivity index (χ0) is 26.2. The predicted octanol–water partition coefficient (Wildman–Crippen LogP) is 3.53. The van der Waals surface area contributed by atoms with Gasteiger partial charge in [0.05, 0.1) is 29.4 Å². The van der Waals surface area contributed by atoms with Gasteiger partial charge in [0.25, 0.3) is 0 Å². The van der Waals surface area contributed by atoms with Crippen LogP contribution in [0.5, 0.6) is 5.88 Å². The molecule has 1 N–H and O–H groups in total. The molecule has 192 valence electrons. The van der Waals surface area contributed by atoms with E-state index in [1.165, 1.54) is 6.92 Å². The van der Waals surface area contributed by atoms with Crippen molar-refractivity contribution in [3.8, 4) is 17.1 Å². The Morgan fingerprint density at radius 2 is 1.74 bits per heavy atom. The Balaban J connectivity index is 2.01. The number of halogens is 8. The van der Waals surface area contributed by atoms with Gasteiger partial charge in [0.1, 0.15) is 12.4 Å². The number of anilines is 1. The fourth-order valence-corrected chi connectivity index (χ4v) is 3.54. The van der Waals surface area contributed by atoms with E-state index in [-0.39, 0.29) is 22.7 Å². The summed E-state index contributed by atoms with van der Waals surface area (Å²) in [7, 11) is -4.04. The summed E-state index contributed by atoms with van der Waals surface area (Å²) in [5.74, 6) is -6.60. The molecule has 35 heavy (non-hydrogen) atoms. The summed E-state index contributed by atoms with van der Waals surface area (Å²) in [4.78, 5) is 11.3. The van der Waals surface area contributed by atoms with Gasteiger partial charge in [0.2, 0.25) is 5.88 Å². The minimum Gasteiger partial charge on any atom is -0.470 e. The highest BCUT2D eigenvalue weighted by Gasteiger charge is 2.58. The number of hydrogen-bond acceptors (Lipinski definition) is 8. The third-order valence-corrected chi connectivity index (χ3v) is 5.93. The summed E-state index contributed by atoms with van der Waals surface area (Å²) < 4.78 is 131. The maximum Gasteiger partial charge on any atom is 0.456 e. The first-order chi connectivity index (χ1) is 16.0. The first-order valence-electron chi connectivity index (χ1n) is 9.36. The number of aromatic nitrogens is 5. The van der Waals surface area contributed by atoms with Crippen LogP contribution in [-0.2, 0) is 9.84 Å². The van der Waals surface area contributed by atoms with Crippen LogP contribution in [0, 0.1) is 0 Å². The monoisotopic (exact) mass is 534 g/mol. The van der Waals surface area contributed by atoms with Crippen molar-refractivity contribution in [3.63, 3.8) is 0 Å². The third kappa shape index (κ3) is 5.85. The van der Waals surface area contributed by atoms with Crippen molar-refractivity contribution in [1.29, 1.82) is 0 Å². The molecule has 0 fully saturated rings. The second-order valence-electron chi connectivity index (χ2n) is 6.86. The van der Waals surface area contributed by atoms with E-state index in [1.807, 2.05) is 5.32 Å². The second-order valence-corrected chi connectivity index (χ2v) is 9.06. The van der Waals surface area contributed by atoms with Crippen molar-refractivity contribution in [2.75, 3.05) is 24.2 Å². The minimum absolute atomic E-state index is 0.240. The standard InChI is InChI=1S/C17H14F8N6O3S/c1-2-35(32,33)14-12(13-29-10(3-4-31(13)30-14)28-7-16(20,21)22)9-5-27-11(6-26-9)34-8-15(18,19)17(23,24)25/h3-6H,2,7-8H2,1H3,(H,28,29). The molecule has 3 rings (SSSR count). The quantitative estimate of drug-likeness (QED) is 0.437. The lowest BCUT2D eigenvalue weighted by Gasteiger charge is -2.19. The predicted molar refractivity (Wildman–Crippen MR) is 103 cm³/mol. The number of fused-ring (bicyclic) bond motifs is 1. The SMILES string of the molecule is CCS(=O)(=O)c1nn2ccc(NCC(F)(F)F)nc2c1-c1cnc(OCC(F)(F)C(F)(F)F)cn1. The minimum atomic E-state index is -5.86. The smallest absolute Gasteiger partial charge is 0.456 e. The van der Waals surface area contributed by atoms with Crippen LogP contribution in [0.4, 0.5) is 40.9 Å². The van der Waals surface area contributed by atoms with Gasteiger partial charge in [0, 0.05) is 6.20 Å². The molecule has 0 atom stereocenters. The normalized spacial score (nSPS) is 13.3. The Kier molecular flexibility index (Phi) is 6.80. The second kappa shape index (κ2) is 9.04. The molecule has 9 nitrogen and oxygen atoms in total. The van der Waals surface area contributed by atoms with Gasteiger partial charge in [-0.25, -0.2) is 27.9 Å². The van der Waals surface area contributed by atoms with Gasteiger partial charge in [-0.1, -0.05) is 6.92 Å². The molecule has 0 bridgehead atoms. The molecular formula is C17H14F8N6O3S. The summed E-state index contributed by atoms with van der Waals surface area (Å²) >= 11 is 0. The number of ether oxygens (including phenoxy) is 1. The van der Waals surface area contributed by atoms with Crippen LogP contribution in [-0.4, -0.2) is 70.2 Å². The molecular weight excluding hydrogens is 520 g/mol. The maximum atomic E-state index is 13.0. The van der Waals surface area contributed by atoms with Gasteiger partial charge in [-0.2, -0.15) is 40.2 Å². The average Bonchev–Trinajstić information content (AvgIpc) is 3.15. The number of nitrogens with one attached hydrogen (secondary N) is 1. The van der Waals surface area contributed by atoms with Crippen molar-refractivity contribution in [2.45, 2.75) is 30.2 Å². The topological polar surface area (TPSA) is 111 Å². The van der Waals surface area contributed by atoms with E-state index >= 15 is 0 Å². The number of sulfone groups is 1. The molecule has 0 amide bonds. The first kappa shape index (κ1) is 26.3. The Hall–Kier alpha value is -3.31. The van der Waals surface area contributed by atoms with Crippen molar-refractivity contribution in [2.24, 2.45) is 0 Å². The zero-order valence-corrected chi connectivity index (χ0v) is 18.1. The van der Waals surface area contributed by atoms with Gasteiger partial charge < -0.3 is 10.1 Å². The van der Waals surface area contributed by atoms with Crippen LogP contribution in [0.2, 0.25) is 0 Å². The molecule has 3 heterocycles.